The summed E-state index contributed by atoms with van der Waals surface area (Å²) in [5.41, 5.74) is 1.28. The van der Waals surface area contributed by atoms with Crippen molar-refractivity contribution in [3.05, 3.63) is 29.8 Å². The van der Waals surface area contributed by atoms with Crippen molar-refractivity contribution in [2.45, 2.75) is 32.2 Å². The van der Waals surface area contributed by atoms with Crippen molar-refractivity contribution < 1.29 is 14.6 Å². The first-order chi connectivity index (χ1) is 9.24. The standard InChI is InChI=1S/C15H21NO3/c17-15(18)8-11-19-14-6-4-13(5-7-14)12-16-9-2-1-3-10-16/h4-7H,1-3,8-12H2,(H,17,18). The number of hydrogen-bond donors (Lipinski definition) is 1. The molecule has 1 aromatic carbocycles. The van der Waals surface area contributed by atoms with E-state index in [0.717, 1.165) is 12.3 Å². The highest BCUT2D eigenvalue weighted by atomic mass is 16.5. The number of carboxylic acids is 1. The van der Waals surface area contributed by atoms with Crippen LogP contribution in [0, 0.1) is 0 Å². The molecule has 104 valence electrons. The first kappa shape index (κ1) is 13.9. The van der Waals surface area contributed by atoms with Crippen LogP contribution in [0.2, 0.25) is 0 Å². The van der Waals surface area contributed by atoms with E-state index in [1.54, 1.807) is 0 Å². The number of carboxylic acid groups (broad SMARTS) is 1. The molecule has 0 amide bonds. The van der Waals surface area contributed by atoms with Gasteiger partial charge in [0.15, 0.2) is 0 Å². The number of rotatable bonds is 6. The molecule has 1 aromatic rings. The summed E-state index contributed by atoms with van der Waals surface area (Å²) in [7, 11) is 0. The number of nitrogens with zero attached hydrogens (tertiary/aromatic N) is 1. The van der Waals surface area contributed by atoms with E-state index in [4.69, 9.17) is 9.84 Å². The van der Waals surface area contributed by atoms with Gasteiger partial charge in [-0.2, -0.15) is 0 Å². The van der Waals surface area contributed by atoms with Crippen LogP contribution < -0.4 is 4.74 Å². The summed E-state index contributed by atoms with van der Waals surface area (Å²) in [4.78, 5) is 12.9. The minimum absolute atomic E-state index is 0.0372. The molecule has 0 unspecified atom stereocenters. The quantitative estimate of drug-likeness (QED) is 0.857. The summed E-state index contributed by atoms with van der Waals surface area (Å²) in [6.07, 6.45) is 4.00. The highest BCUT2D eigenvalue weighted by Crippen LogP contribution is 2.16. The number of aliphatic carboxylic acids is 1. The fraction of sp³-hybridized carbons (Fsp3) is 0.533. The van der Waals surface area contributed by atoms with Gasteiger partial charge in [0.05, 0.1) is 13.0 Å². The zero-order valence-electron chi connectivity index (χ0n) is 11.2. The van der Waals surface area contributed by atoms with E-state index in [0.29, 0.717) is 0 Å². The lowest BCUT2D eigenvalue weighted by atomic mass is 10.1. The minimum Gasteiger partial charge on any atom is -0.493 e. The SMILES string of the molecule is O=C(O)CCOc1ccc(CN2CCCCC2)cc1. The lowest BCUT2D eigenvalue weighted by Gasteiger charge is -2.26. The summed E-state index contributed by atoms with van der Waals surface area (Å²) in [6.45, 7) is 3.60. The molecule has 0 aromatic heterocycles. The molecule has 2 rings (SSSR count). The van der Waals surface area contributed by atoms with E-state index in [2.05, 4.69) is 17.0 Å². The second kappa shape index (κ2) is 7.14. The number of hydrogen-bond acceptors (Lipinski definition) is 3. The van der Waals surface area contributed by atoms with Crippen molar-refractivity contribution in [3.8, 4) is 5.75 Å². The van der Waals surface area contributed by atoms with Gasteiger partial charge in [0.2, 0.25) is 0 Å². The van der Waals surface area contributed by atoms with Gasteiger partial charge in [-0.15, -0.1) is 0 Å². The summed E-state index contributed by atoms with van der Waals surface area (Å²) in [6, 6.07) is 7.96. The molecule has 0 atom stereocenters. The van der Waals surface area contributed by atoms with Crippen LogP contribution in [0.5, 0.6) is 5.75 Å². The van der Waals surface area contributed by atoms with Crippen LogP contribution in [0.15, 0.2) is 24.3 Å². The van der Waals surface area contributed by atoms with E-state index in [1.807, 2.05) is 12.1 Å². The van der Waals surface area contributed by atoms with Gasteiger partial charge in [0.1, 0.15) is 5.75 Å². The van der Waals surface area contributed by atoms with Crippen molar-refractivity contribution >= 4 is 5.97 Å². The molecule has 0 aliphatic carbocycles. The smallest absolute Gasteiger partial charge is 0.306 e. The maximum atomic E-state index is 10.4. The average Bonchev–Trinajstić information content (AvgIpc) is 2.42. The molecule has 0 saturated carbocycles. The van der Waals surface area contributed by atoms with Crippen LogP contribution in [0.25, 0.3) is 0 Å². The molecule has 19 heavy (non-hydrogen) atoms. The predicted octanol–water partition coefficient (Wildman–Crippen LogP) is 2.53. The summed E-state index contributed by atoms with van der Waals surface area (Å²) in [5.74, 6) is -0.0923. The summed E-state index contributed by atoms with van der Waals surface area (Å²) >= 11 is 0. The average molecular weight is 263 g/mol. The first-order valence-electron chi connectivity index (χ1n) is 6.90. The molecule has 1 saturated heterocycles. The lowest BCUT2D eigenvalue weighted by molar-refractivity contribution is -0.137. The Kier molecular flexibility index (Phi) is 5.21. The normalized spacial score (nSPS) is 16.2. The number of likely N-dealkylation sites (tertiary alicyclic amines) is 1. The third-order valence-corrected chi connectivity index (χ3v) is 3.36. The Bertz CT molecular complexity index is 396. The Balaban J connectivity index is 1.78. The first-order valence-corrected chi connectivity index (χ1v) is 6.90. The summed E-state index contributed by atoms with van der Waals surface area (Å²) < 4.78 is 5.37. The maximum Gasteiger partial charge on any atom is 0.306 e. The fourth-order valence-corrected chi connectivity index (χ4v) is 2.32. The Morgan fingerprint density at radius 1 is 1.16 bits per heavy atom. The fourth-order valence-electron chi connectivity index (χ4n) is 2.32. The van der Waals surface area contributed by atoms with Crippen LogP contribution in [0.3, 0.4) is 0 Å². The van der Waals surface area contributed by atoms with Crippen LogP contribution in [-0.4, -0.2) is 35.7 Å². The lowest BCUT2D eigenvalue weighted by Crippen LogP contribution is -2.28. The molecular weight excluding hydrogens is 242 g/mol. The van der Waals surface area contributed by atoms with Gasteiger partial charge in [-0.3, -0.25) is 9.69 Å². The van der Waals surface area contributed by atoms with Crippen LogP contribution in [0.1, 0.15) is 31.2 Å². The zero-order chi connectivity index (χ0) is 13.5. The third kappa shape index (κ3) is 4.91. The molecule has 4 heteroatoms. The highest BCUT2D eigenvalue weighted by Gasteiger charge is 2.10. The molecule has 1 aliphatic rings. The molecule has 1 fully saturated rings. The molecule has 0 bridgehead atoms. The van der Waals surface area contributed by atoms with Crippen molar-refractivity contribution in [1.82, 2.24) is 4.90 Å². The monoisotopic (exact) mass is 263 g/mol. The Hall–Kier alpha value is -1.55. The van der Waals surface area contributed by atoms with Gasteiger partial charge < -0.3 is 9.84 Å². The topological polar surface area (TPSA) is 49.8 Å². The van der Waals surface area contributed by atoms with Crippen molar-refractivity contribution in [1.29, 1.82) is 0 Å². The molecule has 1 aliphatic heterocycles. The van der Waals surface area contributed by atoms with Crippen molar-refractivity contribution in [2.75, 3.05) is 19.7 Å². The van der Waals surface area contributed by atoms with E-state index >= 15 is 0 Å². The third-order valence-electron chi connectivity index (χ3n) is 3.36. The molecule has 1 N–H and O–H groups in total. The molecule has 0 spiro atoms. The Labute approximate surface area is 114 Å². The van der Waals surface area contributed by atoms with Gasteiger partial charge >= 0.3 is 5.97 Å². The van der Waals surface area contributed by atoms with Crippen LogP contribution >= 0.6 is 0 Å². The Morgan fingerprint density at radius 3 is 2.47 bits per heavy atom. The van der Waals surface area contributed by atoms with Gasteiger partial charge in [-0.1, -0.05) is 18.6 Å². The molecule has 4 nitrogen and oxygen atoms in total. The number of ether oxygens (including phenoxy) is 1. The van der Waals surface area contributed by atoms with Gasteiger partial charge in [-0.05, 0) is 43.6 Å². The van der Waals surface area contributed by atoms with Gasteiger partial charge in [0, 0.05) is 6.54 Å². The maximum absolute atomic E-state index is 10.4. The zero-order valence-corrected chi connectivity index (χ0v) is 11.2. The van der Waals surface area contributed by atoms with Crippen molar-refractivity contribution in [2.24, 2.45) is 0 Å². The van der Waals surface area contributed by atoms with E-state index in [1.165, 1.54) is 37.9 Å². The van der Waals surface area contributed by atoms with Gasteiger partial charge in [-0.25, -0.2) is 0 Å². The number of carbonyl (C=O) groups is 1. The predicted molar refractivity (Wildman–Crippen MR) is 73.3 cm³/mol. The van der Waals surface area contributed by atoms with E-state index in [9.17, 15) is 4.79 Å². The number of piperidine rings is 1. The Morgan fingerprint density at radius 2 is 1.84 bits per heavy atom. The number of benzene rings is 1. The minimum atomic E-state index is -0.832. The summed E-state index contributed by atoms with van der Waals surface area (Å²) in [5, 5.41) is 8.53. The highest BCUT2D eigenvalue weighted by molar-refractivity contribution is 5.66. The second-order valence-electron chi connectivity index (χ2n) is 4.97. The van der Waals surface area contributed by atoms with E-state index in [-0.39, 0.29) is 13.0 Å². The van der Waals surface area contributed by atoms with Crippen LogP contribution in [0.4, 0.5) is 0 Å². The largest absolute Gasteiger partial charge is 0.493 e. The molecule has 0 radical (unpaired) electrons. The second-order valence-corrected chi connectivity index (χ2v) is 4.97. The molecule has 1 heterocycles. The molecular formula is C15H21NO3. The van der Waals surface area contributed by atoms with Crippen molar-refractivity contribution in [3.63, 3.8) is 0 Å². The van der Waals surface area contributed by atoms with Gasteiger partial charge in [0.25, 0.3) is 0 Å². The van der Waals surface area contributed by atoms with E-state index < -0.39 is 5.97 Å². The van der Waals surface area contributed by atoms with Crippen LogP contribution in [-0.2, 0) is 11.3 Å².